The average Bonchev–Trinajstić information content (AvgIpc) is 2.89. The zero-order chi connectivity index (χ0) is 13.0. The third-order valence-electron chi connectivity index (χ3n) is 5.43. The van der Waals surface area contributed by atoms with E-state index in [-0.39, 0.29) is 0 Å². The van der Waals surface area contributed by atoms with Crippen LogP contribution < -0.4 is 5.32 Å². The van der Waals surface area contributed by atoms with E-state index in [2.05, 4.69) is 31.2 Å². The smallest absolute Gasteiger partial charge is 0.133 e. The Bertz CT molecular complexity index is 446. The number of hydrogen-bond acceptors (Lipinski definition) is 3. The molecule has 1 aromatic rings. The van der Waals surface area contributed by atoms with Crippen molar-refractivity contribution in [2.24, 2.45) is 16.7 Å². The van der Waals surface area contributed by atoms with E-state index in [1.807, 2.05) is 13.0 Å². The monoisotopic (exact) mass is 248 g/mol. The Hall–Kier alpha value is -0.830. The molecule has 0 radical (unpaired) electrons. The molecule has 2 aliphatic rings. The van der Waals surface area contributed by atoms with E-state index < -0.39 is 0 Å². The Morgan fingerprint density at radius 2 is 2.22 bits per heavy atom. The number of hydrogen-bond donors (Lipinski definition) is 1. The number of aryl methyl sites for hydroxylation is 1. The Balaban J connectivity index is 1.72. The van der Waals surface area contributed by atoms with Gasteiger partial charge in [-0.25, -0.2) is 0 Å². The molecule has 2 bridgehead atoms. The molecule has 0 saturated heterocycles. The van der Waals surface area contributed by atoms with Gasteiger partial charge in [-0.3, -0.25) is 0 Å². The quantitative estimate of drug-likeness (QED) is 0.892. The molecular weight excluding hydrogens is 224 g/mol. The van der Waals surface area contributed by atoms with Gasteiger partial charge >= 0.3 is 0 Å². The molecule has 2 saturated carbocycles. The number of aromatic nitrogens is 1. The lowest BCUT2D eigenvalue weighted by molar-refractivity contribution is 0.107. The number of nitrogens with one attached hydrogen (secondary N) is 1. The molecular formula is C15H24N2O. The lowest BCUT2D eigenvalue weighted by Crippen LogP contribution is -2.49. The number of fused-ring (bicyclic) bond motifs is 2. The van der Waals surface area contributed by atoms with E-state index in [1.165, 1.54) is 19.3 Å². The SMILES string of the molecule is Cc1cc(CNC2C(C)(C)[C@H]3CC[C@]2(C)C3)no1. The van der Waals surface area contributed by atoms with E-state index in [1.54, 1.807) is 0 Å². The van der Waals surface area contributed by atoms with Gasteiger partial charge < -0.3 is 9.84 Å². The maximum Gasteiger partial charge on any atom is 0.133 e. The van der Waals surface area contributed by atoms with Crippen LogP contribution in [0.4, 0.5) is 0 Å². The van der Waals surface area contributed by atoms with E-state index in [9.17, 15) is 0 Å². The van der Waals surface area contributed by atoms with Crippen LogP contribution in [0.15, 0.2) is 10.6 Å². The van der Waals surface area contributed by atoms with Crippen molar-refractivity contribution in [1.29, 1.82) is 0 Å². The van der Waals surface area contributed by atoms with Gasteiger partial charge in [0.15, 0.2) is 0 Å². The third kappa shape index (κ3) is 1.71. The molecule has 18 heavy (non-hydrogen) atoms. The van der Waals surface area contributed by atoms with Crippen LogP contribution in [0.1, 0.15) is 51.5 Å². The molecule has 0 spiro atoms. The predicted molar refractivity (Wildman–Crippen MR) is 71.1 cm³/mol. The first-order chi connectivity index (χ1) is 8.42. The fraction of sp³-hybridized carbons (Fsp3) is 0.800. The van der Waals surface area contributed by atoms with Crippen molar-refractivity contribution in [3.63, 3.8) is 0 Å². The topological polar surface area (TPSA) is 38.1 Å². The first-order valence-electron chi connectivity index (χ1n) is 7.07. The second-order valence-corrected chi connectivity index (χ2v) is 7.16. The summed E-state index contributed by atoms with van der Waals surface area (Å²) in [6.07, 6.45) is 4.16. The van der Waals surface area contributed by atoms with Gasteiger partial charge in [0.25, 0.3) is 0 Å². The molecule has 0 amide bonds. The molecule has 3 heteroatoms. The summed E-state index contributed by atoms with van der Waals surface area (Å²) in [5, 5.41) is 7.82. The van der Waals surface area contributed by atoms with Crippen LogP contribution in [0.5, 0.6) is 0 Å². The molecule has 3 atom stereocenters. The molecule has 0 aliphatic heterocycles. The minimum Gasteiger partial charge on any atom is -0.361 e. The second kappa shape index (κ2) is 3.83. The van der Waals surface area contributed by atoms with E-state index in [4.69, 9.17) is 4.52 Å². The van der Waals surface area contributed by atoms with Crippen LogP contribution in [-0.4, -0.2) is 11.2 Å². The molecule has 100 valence electrons. The Kier molecular flexibility index (Phi) is 2.60. The third-order valence-corrected chi connectivity index (χ3v) is 5.43. The van der Waals surface area contributed by atoms with Crippen molar-refractivity contribution >= 4 is 0 Å². The molecule has 1 aromatic heterocycles. The Labute approximate surface area is 109 Å². The molecule has 1 heterocycles. The maximum absolute atomic E-state index is 5.13. The molecule has 2 aliphatic carbocycles. The first-order valence-corrected chi connectivity index (χ1v) is 7.07. The largest absolute Gasteiger partial charge is 0.361 e. The van der Waals surface area contributed by atoms with E-state index in [0.717, 1.165) is 23.9 Å². The van der Waals surface area contributed by atoms with Crippen molar-refractivity contribution in [2.75, 3.05) is 0 Å². The Morgan fingerprint density at radius 1 is 1.44 bits per heavy atom. The molecule has 3 nitrogen and oxygen atoms in total. The van der Waals surface area contributed by atoms with Crippen LogP contribution in [0.2, 0.25) is 0 Å². The highest BCUT2D eigenvalue weighted by Gasteiger charge is 2.58. The highest BCUT2D eigenvalue weighted by Crippen LogP contribution is 2.62. The molecule has 3 rings (SSSR count). The van der Waals surface area contributed by atoms with Crippen LogP contribution in [0.3, 0.4) is 0 Å². The second-order valence-electron chi connectivity index (χ2n) is 7.16. The number of rotatable bonds is 3. The summed E-state index contributed by atoms with van der Waals surface area (Å²) in [5.74, 6) is 1.78. The zero-order valence-electron chi connectivity index (χ0n) is 11.9. The molecule has 1 unspecified atom stereocenters. The molecule has 0 aromatic carbocycles. The summed E-state index contributed by atoms with van der Waals surface area (Å²) in [6.45, 7) is 10.1. The standard InChI is InChI=1S/C15H24N2O/c1-10-7-12(17-18-10)9-16-13-14(2,3)11-5-6-15(13,4)8-11/h7,11,13,16H,5-6,8-9H2,1-4H3/t11-,13?,15+/m0/s1. The fourth-order valence-electron chi connectivity index (χ4n) is 4.52. The van der Waals surface area contributed by atoms with Crippen LogP contribution in [0.25, 0.3) is 0 Å². The maximum atomic E-state index is 5.13. The van der Waals surface area contributed by atoms with Gasteiger partial charge in [0.1, 0.15) is 5.76 Å². The van der Waals surface area contributed by atoms with Crippen molar-refractivity contribution in [2.45, 2.75) is 59.5 Å². The average molecular weight is 248 g/mol. The molecule has 2 fully saturated rings. The summed E-state index contributed by atoms with van der Waals surface area (Å²) in [4.78, 5) is 0. The van der Waals surface area contributed by atoms with E-state index in [0.29, 0.717) is 16.9 Å². The van der Waals surface area contributed by atoms with Crippen molar-refractivity contribution in [3.05, 3.63) is 17.5 Å². The van der Waals surface area contributed by atoms with Gasteiger partial charge in [0, 0.05) is 18.7 Å². The van der Waals surface area contributed by atoms with Crippen LogP contribution >= 0.6 is 0 Å². The van der Waals surface area contributed by atoms with Crippen molar-refractivity contribution in [3.8, 4) is 0 Å². The Morgan fingerprint density at radius 3 is 2.78 bits per heavy atom. The number of nitrogens with zero attached hydrogens (tertiary/aromatic N) is 1. The lowest BCUT2D eigenvalue weighted by atomic mass is 9.68. The predicted octanol–water partition coefficient (Wildman–Crippen LogP) is 3.29. The van der Waals surface area contributed by atoms with Crippen molar-refractivity contribution < 1.29 is 4.52 Å². The summed E-state index contributed by atoms with van der Waals surface area (Å²) in [7, 11) is 0. The van der Waals surface area contributed by atoms with Gasteiger partial charge in [-0.15, -0.1) is 0 Å². The van der Waals surface area contributed by atoms with Gasteiger partial charge in [0.2, 0.25) is 0 Å². The fourth-order valence-corrected chi connectivity index (χ4v) is 4.52. The lowest BCUT2D eigenvalue weighted by Gasteiger charge is -2.43. The minimum atomic E-state index is 0.409. The normalized spacial score (nSPS) is 37.3. The summed E-state index contributed by atoms with van der Waals surface area (Å²) < 4.78 is 5.13. The van der Waals surface area contributed by atoms with Crippen LogP contribution in [0, 0.1) is 23.7 Å². The van der Waals surface area contributed by atoms with E-state index >= 15 is 0 Å². The van der Waals surface area contributed by atoms with Crippen LogP contribution in [-0.2, 0) is 6.54 Å². The van der Waals surface area contributed by atoms with Gasteiger partial charge in [-0.1, -0.05) is 25.9 Å². The highest BCUT2D eigenvalue weighted by molar-refractivity contribution is 5.13. The van der Waals surface area contributed by atoms with Crippen molar-refractivity contribution in [1.82, 2.24) is 10.5 Å². The minimum absolute atomic E-state index is 0.409. The van der Waals surface area contributed by atoms with Gasteiger partial charge in [-0.2, -0.15) is 0 Å². The zero-order valence-corrected chi connectivity index (χ0v) is 11.9. The molecule has 1 N–H and O–H groups in total. The summed E-state index contributed by atoms with van der Waals surface area (Å²) >= 11 is 0. The summed E-state index contributed by atoms with van der Waals surface area (Å²) in [6, 6.07) is 2.62. The summed E-state index contributed by atoms with van der Waals surface area (Å²) in [5.41, 5.74) is 1.91. The first kappa shape index (κ1) is 12.2. The highest BCUT2D eigenvalue weighted by atomic mass is 16.5. The van der Waals surface area contributed by atoms with Gasteiger partial charge in [0.05, 0.1) is 5.69 Å². The van der Waals surface area contributed by atoms with Gasteiger partial charge in [-0.05, 0) is 42.9 Å².